The zero-order valence-corrected chi connectivity index (χ0v) is 10.9. The molecule has 1 aromatic rings. The molecule has 2 rings (SSSR count). The number of carbonyl (C=O) groups excluding carboxylic acids is 1. The van der Waals surface area contributed by atoms with E-state index in [1.165, 1.54) is 0 Å². The number of carbonyl (C=O) groups is 1. The van der Waals surface area contributed by atoms with Crippen LogP contribution >= 0.6 is 0 Å². The van der Waals surface area contributed by atoms with Crippen molar-refractivity contribution in [3.05, 3.63) is 42.5 Å². The van der Waals surface area contributed by atoms with Crippen LogP contribution in [0.1, 0.15) is 30.1 Å². The Hall–Kier alpha value is -1.77. The van der Waals surface area contributed by atoms with Crippen molar-refractivity contribution in [2.75, 3.05) is 18.4 Å². The van der Waals surface area contributed by atoms with Gasteiger partial charge in [-0.2, -0.15) is 0 Å². The van der Waals surface area contributed by atoms with Gasteiger partial charge < -0.3 is 10.2 Å². The van der Waals surface area contributed by atoms with Crippen molar-refractivity contribution in [3.63, 3.8) is 0 Å². The predicted octanol–water partition coefficient (Wildman–Crippen LogP) is 2.91. The summed E-state index contributed by atoms with van der Waals surface area (Å²) in [7, 11) is 0. The van der Waals surface area contributed by atoms with Crippen LogP contribution < -0.4 is 5.32 Å². The lowest BCUT2D eigenvalue weighted by Gasteiger charge is -2.23. The second-order valence-electron chi connectivity index (χ2n) is 4.70. The highest BCUT2D eigenvalue weighted by molar-refractivity contribution is 5.99. The molecule has 1 saturated heterocycles. The Balaban J connectivity index is 2.21. The fourth-order valence-corrected chi connectivity index (χ4v) is 2.40. The largest absolute Gasteiger partial charge is 0.381 e. The Labute approximate surface area is 108 Å². The van der Waals surface area contributed by atoms with E-state index in [2.05, 4.69) is 18.8 Å². The number of benzene rings is 1. The Morgan fingerprint density at radius 2 is 2.33 bits per heavy atom. The molecule has 0 aromatic heterocycles. The molecule has 1 N–H and O–H groups in total. The smallest absolute Gasteiger partial charge is 0.256 e. The number of likely N-dealkylation sites (tertiary alicyclic amines) is 1. The van der Waals surface area contributed by atoms with Crippen molar-refractivity contribution in [1.82, 2.24) is 4.90 Å². The van der Waals surface area contributed by atoms with Gasteiger partial charge in [0.2, 0.25) is 0 Å². The zero-order chi connectivity index (χ0) is 13.0. The van der Waals surface area contributed by atoms with Crippen LogP contribution in [0, 0.1) is 0 Å². The minimum atomic E-state index is 0.132. The number of hydrogen-bond acceptors (Lipinski definition) is 2. The molecule has 18 heavy (non-hydrogen) atoms. The first-order chi connectivity index (χ1) is 8.74. The topological polar surface area (TPSA) is 32.3 Å². The van der Waals surface area contributed by atoms with E-state index in [0.717, 1.165) is 30.6 Å². The maximum Gasteiger partial charge on any atom is 0.256 e. The summed E-state index contributed by atoms with van der Waals surface area (Å²) in [5.74, 6) is 0.132. The Morgan fingerprint density at radius 3 is 3.00 bits per heavy atom. The molecule has 96 valence electrons. The van der Waals surface area contributed by atoms with E-state index in [-0.39, 0.29) is 5.91 Å². The van der Waals surface area contributed by atoms with Crippen LogP contribution in [0.3, 0.4) is 0 Å². The second kappa shape index (κ2) is 5.71. The molecule has 0 spiro atoms. The Kier molecular flexibility index (Phi) is 4.03. The summed E-state index contributed by atoms with van der Waals surface area (Å²) in [5, 5.41) is 3.22. The number of amides is 1. The van der Waals surface area contributed by atoms with Gasteiger partial charge in [0.1, 0.15) is 0 Å². The van der Waals surface area contributed by atoms with Gasteiger partial charge >= 0.3 is 0 Å². The molecule has 1 aromatic carbocycles. The Morgan fingerprint density at radius 1 is 1.56 bits per heavy atom. The van der Waals surface area contributed by atoms with Crippen LogP contribution in [0.4, 0.5) is 5.69 Å². The summed E-state index contributed by atoms with van der Waals surface area (Å²) in [5.41, 5.74) is 1.65. The van der Waals surface area contributed by atoms with Gasteiger partial charge in [-0.25, -0.2) is 0 Å². The maximum atomic E-state index is 12.5. The van der Waals surface area contributed by atoms with Crippen molar-refractivity contribution in [1.29, 1.82) is 0 Å². The van der Waals surface area contributed by atoms with Crippen molar-refractivity contribution >= 4 is 11.6 Å². The minimum Gasteiger partial charge on any atom is -0.381 e. The first-order valence-electron chi connectivity index (χ1n) is 6.49. The van der Waals surface area contributed by atoms with E-state index in [1.54, 1.807) is 6.08 Å². The van der Waals surface area contributed by atoms with Crippen LogP contribution in [0.5, 0.6) is 0 Å². The van der Waals surface area contributed by atoms with Gasteiger partial charge in [0.15, 0.2) is 0 Å². The molecule has 0 unspecified atom stereocenters. The molecule has 0 saturated carbocycles. The first kappa shape index (κ1) is 12.7. The molecule has 1 heterocycles. The molecule has 1 amide bonds. The van der Waals surface area contributed by atoms with Crippen LogP contribution in [-0.4, -0.2) is 29.9 Å². The average Bonchev–Trinajstić information content (AvgIpc) is 2.82. The number of nitrogens with zero attached hydrogens (tertiary/aromatic N) is 1. The number of nitrogens with one attached hydrogen (secondary N) is 1. The van der Waals surface area contributed by atoms with Crippen LogP contribution in [0.15, 0.2) is 36.9 Å². The summed E-state index contributed by atoms with van der Waals surface area (Å²) in [4.78, 5) is 14.5. The molecule has 3 nitrogen and oxygen atoms in total. The molecule has 3 heteroatoms. The van der Waals surface area contributed by atoms with E-state index in [9.17, 15) is 4.79 Å². The maximum absolute atomic E-state index is 12.5. The predicted molar refractivity (Wildman–Crippen MR) is 74.9 cm³/mol. The van der Waals surface area contributed by atoms with Gasteiger partial charge in [0.05, 0.1) is 5.56 Å². The number of rotatable bonds is 4. The third kappa shape index (κ3) is 2.55. The van der Waals surface area contributed by atoms with E-state index in [4.69, 9.17) is 0 Å². The molecule has 0 radical (unpaired) electrons. The molecule has 1 atom stereocenters. The minimum absolute atomic E-state index is 0.132. The van der Waals surface area contributed by atoms with E-state index in [0.29, 0.717) is 12.6 Å². The van der Waals surface area contributed by atoms with E-state index < -0.39 is 0 Å². The monoisotopic (exact) mass is 244 g/mol. The van der Waals surface area contributed by atoms with Crippen molar-refractivity contribution in [2.24, 2.45) is 0 Å². The fraction of sp³-hybridized carbons (Fsp3) is 0.400. The highest BCUT2D eigenvalue weighted by Gasteiger charge is 2.27. The van der Waals surface area contributed by atoms with E-state index in [1.807, 2.05) is 29.2 Å². The third-order valence-electron chi connectivity index (χ3n) is 3.41. The van der Waals surface area contributed by atoms with Gasteiger partial charge in [-0.1, -0.05) is 18.2 Å². The Bertz CT molecular complexity index is 442. The third-order valence-corrected chi connectivity index (χ3v) is 3.41. The highest BCUT2D eigenvalue weighted by atomic mass is 16.2. The lowest BCUT2D eigenvalue weighted by Crippen LogP contribution is -2.34. The zero-order valence-electron chi connectivity index (χ0n) is 10.9. The van der Waals surface area contributed by atoms with Crippen molar-refractivity contribution < 1.29 is 4.79 Å². The number of para-hydroxylation sites is 1. The molecule has 1 aliphatic heterocycles. The lowest BCUT2D eigenvalue weighted by molar-refractivity contribution is 0.0748. The summed E-state index contributed by atoms with van der Waals surface area (Å²) in [6.45, 7) is 7.34. The van der Waals surface area contributed by atoms with Crippen molar-refractivity contribution in [2.45, 2.75) is 25.8 Å². The normalized spacial score (nSPS) is 18.7. The summed E-state index contributed by atoms with van der Waals surface area (Å²) in [6.07, 6.45) is 4.00. The average molecular weight is 244 g/mol. The highest BCUT2D eigenvalue weighted by Crippen LogP contribution is 2.23. The lowest BCUT2D eigenvalue weighted by atomic mass is 10.1. The van der Waals surface area contributed by atoms with Crippen LogP contribution in [-0.2, 0) is 0 Å². The number of hydrogen-bond donors (Lipinski definition) is 1. The SMILES string of the molecule is C=CCNc1ccccc1C(=O)N1CCC[C@H]1C. The molecule has 0 bridgehead atoms. The van der Waals surface area contributed by atoms with Crippen molar-refractivity contribution in [3.8, 4) is 0 Å². The van der Waals surface area contributed by atoms with Crippen LogP contribution in [0.2, 0.25) is 0 Å². The van der Waals surface area contributed by atoms with E-state index >= 15 is 0 Å². The molecular formula is C15H20N2O. The number of anilines is 1. The van der Waals surface area contributed by atoms with Gasteiger partial charge in [0, 0.05) is 24.8 Å². The van der Waals surface area contributed by atoms with Gasteiger partial charge in [-0.15, -0.1) is 6.58 Å². The molecule has 1 aliphatic rings. The first-order valence-corrected chi connectivity index (χ1v) is 6.49. The standard InChI is InChI=1S/C15H20N2O/c1-3-10-16-14-9-5-4-8-13(14)15(18)17-11-6-7-12(17)2/h3-5,8-9,12,16H,1,6-7,10-11H2,2H3/t12-/m1/s1. The quantitative estimate of drug-likeness (QED) is 0.826. The summed E-state index contributed by atoms with van der Waals surface area (Å²) < 4.78 is 0. The van der Waals surface area contributed by atoms with Gasteiger partial charge in [-0.05, 0) is 31.9 Å². The summed E-state index contributed by atoms with van der Waals surface area (Å²) >= 11 is 0. The van der Waals surface area contributed by atoms with Gasteiger partial charge in [-0.3, -0.25) is 4.79 Å². The molecule has 1 fully saturated rings. The summed E-state index contributed by atoms with van der Waals surface area (Å²) in [6, 6.07) is 8.03. The molecule has 0 aliphatic carbocycles. The van der Waals surface area contributed by atoms with Gasteiger partial charge in [0.25, 0.3) is 5.91 Å². The molecular weight excluding hydrogens is 224 g/mol. The van der Waals surface area contributed by atoms with Crippen LogP contribution in [0.25, 0.3) is 0 Å². The second-order valence-corrected chi connectivity index (χ2v) is 4.70. The fourth-order valence-electron chi connectivity index (χ4n) is 2.40.